The summed E-state index contributed by atoms with van der Waals surface area (Å²) in [6.07, 6.45) is 0. The molecule has 1 fully saturated rings. The fraction of sp³-hybridized carbons (Fsp3) is 1.00. The van der Waals surface area contributed by atoms with Gasteiger partial charge in [0.25, 0.3) is 0 Å². The largest absolute Gasteiger partial charge is 0.327 e. The molecule has 42 valence electrons. The Hall–Kier alpha value is 0.310. The van der Waals surface area contributed by atoms with Gasteiger partial charge in [0.05, 0.1) is 0 Å². The minimum atomic E-state index is 0.477. The number of hydrogen-bond donors (Lipinski definition) is 1. The summed E-state index contributed by atoms with van der Waals surface area (Å²) in [5, 5.41) is 0. The second kappa shape index (κ2) is 2.05. The van der Waals surface area contributed by atoms with Crippen LogP contribution >= 0.6 is 11.8 Å². The van der Waals surface area contributed by atoms with Crippen molar-refractivity contribution in [3.8, 4) is 0 Å². The first-order chi connectivity index (χ1) is 3.30. The Bertz CT molecular complexity index is 57.1. The monoisotopic (exact) mass is 117 g/mol. The van der Waals surface area contributed by atoms with Crippen LogP contribution in [0.2, 0.25) is 0 Å². The SMILES string of the molecule is C[C@@H]1CSC[C@@H]1N. The van der Waals surface area contributed by atoms with E-state index in [0.29, 0.717) is 6.04 Å². The standard InChI is InChI=1S/C5H11NS/c1-4-2-7-3-5(4)6/h4-5H,2-3,6H2,1H3/t4-,5+/m1/s1. The molecule has 1 nitrogen and oxygen atoms in total. The van der Waals surface area contributed by atoms with Crippen LogP contribution in [0, 0.1) is 5.92 Å². The first-order valence-corrected chi connectivity index (χ1v) is 3.79. The minimum absolute atomic E-state index is 0.477. The first-order valence-electron chi connectivity index (χ1n) is 2.64. The molecule has 0 amide bonds. The van der Waals surface area contributed by atoms with Crippen molar-refractivity contribution in [1.29, 1.82) is 0 Å². The highest BCUT2D eigenvalue weighted by Crippen LogP contribution is 2.21. The summed E-state index contributed by atoms with van der Waals surface area (Å²) in [5.74, 6) is 3.19. The maximum absolute atomic E-state index is 5.66. The summed E-state index contributed by atoms with van der Waals surface area (Å²) in [4.78, 5) is 0. The molecule has 1 saturated heterocycles. The van der Waals surface area contributed by atoms with E-state index < -0.39 is 0 Å². The second-order valence-electron chi connectivity index (χ2n) is 2.18. The van der Waals surface area contributed by atoms with Crippen molar-refractivity contribution >= 4 is 11.8 Å². The van der Waals surface area contributed by atoms with Crippen LogP contribution in [-0.4, -0.2) is 17.5 Å². The highest BCUT2D eigenvalue weighted by molar-refractivity contribution is 7.99. The average Bonchev–Trinajstić information content (AvgIpc) is 1.91. The molecular weight excluding hydrogens is 106 g/mol. The summed E-state index contributed by atoms with van der Waals surface area (Å²) in [6.45, 7) is 2.21. The number of nitrogens with two attached hydrogens (primary N) is 1. The van der Waals surface area contributed by atoms with Crippen LogP contribution in [0.1, 0.15) is 6.92 Å². The van der Waals surface area contributed by atoms with E-state index in [2.05, 4.69) is 6.92 Å². The third kappa shape index (κ3) is 1.10. The lowest BCUT2D eigenvalue weighted by Crippen LogP contribution is -2.25. The predicted octanol–water partition coefficient (Wildman–Crippen LogP) is 0.697. The maximum atomic E-state index is 5.66. The van der Waals surface area contributed by atoms with Crippen molar-refractivity contribution in [2.45, 2.75) is 13.0 Å². The summed E-state index contributed by atoms with van der Waals surface area (Å²) >= 11 is 1.97. The molecule has 0 radical (unpaired) electrons. The van der Waals surface area contributed by atoms with E-state index in [-0.39, 0.29) is 0 Å². The van der Waals surface area contributed by atoms with Gasteiger partial charge >= 0.3 is 0 Å². The fourth-order valence-corrected chi connectivity index (χ4v) is 2.03. The topological polar surface area (TPSA) is 26.0 Å². The maximum Gasteiger partial charge on any atom is 0.0164 e. The van der Waals surface area contributed by atoms with Gasteiger partial charge in [-0.05, 0) is 11.7 Å². The van der Waals surface area contributed by atoms with Gasteiger partial charge in [-0.25, -0.2) is 0 Å². The summed E-state index contributed by atoms with van der Waals surface area (Å²) in [5.41, 5.74) is 5.66. The molecular formula is C5H11NS. The normalized spacial score (nSPS) is 42.0. The first kappa shape index (κ1) is 5.45. The molecule has 1 aliphatic heterocycles. The van der Waals surface area contributed by atoms with Crippen molar-refractivity contribution in [2.24, 2.45) is 11.7 Å². The summed E-state index contributed by atoms with van der Waals surface area (Å²) in [6, 6.07) is 0.477. The summed E-state index contributed by atoms with van der Waals surface area (Å²) in [7, 11) is 0. The van der Waals surface area contributed by atoms with Gasteiger partial charge in [-0.15, -0.1) is 0 Å². The smallest absolute Gasteiger partial charge is 0.0164 e. The van der Waals surface area contributed by atoms with E-state index in [1.807, 2.05) is 11.8 Å². The van der Waals surface area contributed by atoms with Gasteiger partial charge in [0.15, 0.2) is 0 Å². The molecule has 2 N–H and O–H groups in total. The van der Waals surface area contributed by atoms with Gasteiger partial charge in [0.2, 0.25) is 0 Å². The Morgan fingerprint density at radius 2 is 2.29 bits per heavy atom. The van der Waals surface area contributed by atoms with Crippen molar-refractivity contribution < 1.29 is 0 Å². The Labute approximate surface area is 48.7 Å². The van der Waals surface area contributed by atoms with Crippen LogP contribution in [0.3, 0.4) is 0 Å². The van der Waals surface area contributed by atoms with Gasteiger partial charge in [-0.3, -0.25) is 0 Å². The van der Waals surface area contributed by atoms with Gasteiger partial charge < -0.3 is 5.73 Å². The Morgan fingerprint density at radius 1 is 1.57 bits per heavy atom. The fourth-order valence-electron chi connectivity index (χ4n) is 0.678. The molecule has 0 aromatic carbocycles. The van der Waals surface area contributed by atoms with E-state index in [9.17, 15) is 0 Å². The molecule has 2 atom stereocenters. The van der Waals surface area contributed by atoms with E-state index in [1.165, 1.54) is 11.5 Å². The lowest BCUT2D eigenvalue weighted by molar-refractivity contribution is 0.567. The van der Waals surface area contributed by atoms with Crippen LogP contribution in [0.5, 0.6) is 0 Å². The lowest BCUT2D eigenvalue weighted by Gasteiger charge is -2.04. The zero-order valence-electron chi connectivity index (χ0n) is 4.55. The van der Waals surface area contributed by atoms with E-state index in [1.54, 1.807) is 0 Å². The Morgan fingerprint density at radius 3 is 2.43 bits per heavy atom. The van der Waals surface area contributed by atoms with Crippen molar-refractivity contribution in [2.75, 3.05) is 11.5 Å². The minimum Gasteiger partial charge on any atom is -0.327 e. The molecule has 0 saturated carbocycles. The van der Waals surface area contributed by atoms with E-state index >= 15 is 0 Å². The predicted molar refractivity (Wildman–Crippen MR) is 34.5 cm³/mol. The van der Waals surface area contributed by atoms with Crippen molar-refractivity contribution in [3.05, 3.63) is 0 Å². The Kier molecular flexibility index (Phi) is 1.60. The third-order valence-corrected chi connectivity index (χ3v) is 2.80. The molecule has 0 spiro atoms. The van der Waals surface area contributed by atoms with Gasteiger partial charge in [0.1, 0.15) is 0 Å². The quantitative estimate of drug-likeness (QED) is 0.505. The molecule has 7 heavy (non-hydrogen) atoms. The molecule has 1 rings (SSSR count). The van der Waals surface area contributed by atoms with E-state index in [0.717, 1.165) is 5.92 Å². The van der Waals surface area contributed by atoms with Crippen LogP contribution in [-0.2, 0) is 0 Å². The van der Waals surface area contributed by atoms with Crippen LogP contribution in [0.25, 0.3) is 0 Å². The molecule has 1 aliphatic rings. The van der Waals surface area contributed by atoms with Gasteiger partial charge in [-0.1, -0.05) is 6.92 Å². The number of thioether (sulfide) groups is 1. The zero-order chi connectivity index (χ0) is 5.28. The van der Waals surface area contributed by atoms with Crippen LogP contribution in [0.4, 0.5) is 0 Å². The number of hydrogen-bond acceptors (Lipinski definition) is 2. The molecule has 0 aromatic rings. The average molecular weight is 117 g/mol. The van der Waals surface area contributed by atoms with Crippen LogP contribution in [0.15, 0.2) is 0 Å². The third-order valence-electron chi connectivity index (χ3n) is 1.42. The molecule has 2 heteroatoms. The highest BCUT2D eigenvalue weighted by Gasteiger charge is 2.18. The van der Waals surface area contributed by atoms with Crippen molar-refractivity contribution in [1.82, 2.24) is 0 Å². The lowest BCUT2D eigenvalue weighted by atomic mass is 10.1. The van der Waals surface area contributed by atoms with Gasteiger partial charge in [0, 0.05) is 11.8 Å². The Balaban J connectivity index is 2.33. The molecule has 0 unspecified atom stereocenters. The molecule has 1 heterocycles. The van der Waals surface area contributed by atoms with Crippen molar-refractivity contribution in [3.63, 3.8) is 0 Å². The molecule has 0 bridgehead atoms. The molecule has 0 aromatic heterocycles. The molecule has 0 aliphatic carbocycles. The second-order valence-corrected chi connectivity index (χ2v) is 3.25. The zero-order valence-corrected chi connectivity index (χ0v) is 5.37. The van der Waals surface area contributed by atoms with Gasteiger partial charge in [-0.2, -0.15) is 11.8 Å². The number of rotatable bonds is 0. The summed E-state index contributed by atoms with van der Waals surface area (Å²) < 4.78 is 0. The van der Waals surface area contributed by atoms with E-state index in [4.69, 9.17) is 5.73 Å². The van der Waals surface area contributed by atoms with Crippen LogP contribution < -0.4 is 5.73 Å². The highest BCUT2D eigenvalue weighted by atomic mass is 32.2.